The van der Waals surface area contributed by atoms with Crippen LogP contribution >= 0.6 is 22.6 Å². The molecule has 0 fully saturated rings. The second kappa shape index (κ2) is 6.12. The fourth-order valence-electron chi connectivity index (χ4n) is 2.76. The minimum absolute atomic E-state index is 0.279. The predicted molar refractivity (Wildman–Crippen MR) is 100.0 cm³/mol. The SMILES string of the molecule is CN1CN=C(Nc2cccc(I)c2F)c2cc3c(cc21)OCCO3. The summed E-state index contributed by atoms with van der Waals surface area (Å²) in [6.07, 6.45) is 0. The zero-order valence-electron chi connectivity index (χ0n) is 13.0. The number of hydrogen-bond donors (Lipinski definition) is 1. The third-order valence-electron chi connectivity index (χ3n) is 3.97. The fraction of sp³-hybridized carbons (Fsp3) is 0.235. The van der Waals surface area contributed by atoms with Gasteiger partial charge in [-0.1, -0.05) is 6.07 Å². The third-order valence-corrected chi connectivity index (χ3v) is 4.81. The van der Waals surface area contributed by atoms with E-state index in [1.807, 2.05) is 52.7 Å². The zero-order valence-corrected chi connectivity index (χ0v) is 15.1. The molecular weight excluding hydrogens is 424 g/mol. The molecule has 24 heavy (non-hydrogen) atoms. The van der Waals surface area contributed by atoms with Crippen molar-refractivity contribution in [2.45, 2.75) is 0 Å². The summed E-state index contributed by atoms with van der Waals surface area (Å²) in [5.41, 5.74) is 2.25. The Morgan fingerprint density at radius 2 is 1.96 bits per heavy atom. The largest absolute Gasteiger partial charge is 0.486 e. The number of nitrogens with one attached hydrogen (secondary N) is 1. The number of ether oxygens (including phenoxy) is 2. The van der Waals surface area contributed by atoms with Crippen LogP contribution in [-0.4, -0.2) is 32.8 Å². The molecule has 7 heteroatoms. The van der Waals surface area contributed by atoms with E-state index in [2.05, 4.69) is 10.3 Å². The molecule has 5 nitrogen and oxygen atoms in total. The van der Waals surface area contributed by atoms with Gasteiger partial charge in [0.05, 0.1) is 14.9 Å². The molecule has 2 aliphatic heterocycles. The molecular formula is C17H15FIN3O2. The minimum Gasteiger partial charge on any atom is -0.486 e. The first-order valence-electron chi connectivity index (χ1n) is 7.54. The zero-order chi connectivity index (χ0) is 16.7. The van der Waals surface area contributed by atoms with Crippen molar-refractivity contribution in [2.75, 3.05) is 37.1 Å². The maximum Gasteiger partial charge on any atom is 0.163 e. The number of anilines is 2. The van der Waals surface area contributed by atoms with Crippen molar-refractivity contribution in [3.63, 3.8) is 0 Å². The summed E-state index contributed by atoms with van der Waals surface area (Å²) < 4.78 is 26.2. The maximum absolute atomic E-state index is 14.3. The van der Waals surface area contributed by atoms with Gasteiger partial charge in [-0.25, -0.2) is 9.38 Å². The number of halogens is 2. The standard InChI is InChI=1S/C17H15FIN3O2/c1-22-9-20-17(21-12-4-2-3-11(19)16(12)18)10-7-14-15(8-13(10)22)24-6-5-23-14/h2-4,7-8H,5-6,9H2,1H3,(H,20,21). The molecule has 0 saturated carbocycles. The molecule has 2 heterocycles. The monoisotopic (exact) mass is 439 g/mol. The molecule has 0 radical (unpaired) electrons. The van der Waals surface area contributed by atoms with Crippen LogP contribution in [0.3, 0.4) is 0 Å². The molecule has 0 unspecified atom stereocenters. The van der Waals surface area contributed by atoms with Gasteiger partial charge >= 0.3 is 0 Å². The molecule has 1 N–H and O–H groups in total. The Labute approximate surface area is 152 Å². The highest BCUT2D eigenvalue weighted by atomic mass is 127. The molecule has 4 rings (SSSR count). The summed E-state index contributed by atoms with van der Waals surface area (Å²) in [5.74, 6) is 1.77. The van der Waals surface area contributed by atoms with Crippen molar-refractivity contribution in [3.8, 4) is 11.5 Å². The van der Waals surface area contributed by atoms with E-state index in [4.69, 9.17) is 9.47 Å². The highest BCUT2D eigenvalue weighted by Gasteiger charge is 2.24. The summed E-state index contributed by atoms with van der Waals surface area (Å²) in [5, 5.41) is 3.12. The Balaban J connectivity index is 1.75. The van der Waals surface area contributed by atoms with Crippen molar-refractivity contribution in [1.82, 2.24) is 0 Å². The third kappa shape index (κ3) is 2.66. The topological polar surface area (TPSA) is 46.1 Å². The van der Waals surface area contributed by atoms with Crippen LogP contribution in [0.1, 0.15) is 5.56 Å². The van der Waals surface area contributed by atoms with Gasteiger partial charge in [-0.2, -0.15) is 0 Å². The fourth-order valence-corrected chi connectivity index (χ4v) is 3.25. The lowest BCUT2D eigenvalue weighted by atomic mass is 10.1. The second-order valence-electron chi connectivity index (χ2n) is 5.59. The van der Waals surface area contributed by atoms with Gasteiger partial charge in [-0.05, 0) is 40.8 Å². The molecule has 0 atom stereocenters. The van der Waals surface area contributed by atoms with Gasteiger partial charge in [0.15, 0.2) is 17.3 Å². The maximum atomic E-state index is 14.3. The molecule has 0 aliphatic carbocycles. The number of benzene rings is 2. The van der Waals surface area contributed by atoms with Crippen LogP contribution < -0.4 is 19.7 Å². The Morgan fingerprint density at radius 3 is 2.75 bits per heavy atom. The summed E-state index contributed by atoms with van der Waals surface area (Å²) in [6, 6.07) is 9.10. The number of fused-ring (bicyclic) bond motifs is 2. The molecule has 2 aliphatic rings. The smallest absolute Gasteiger partial charge is 0.163 e. The van der Waals surface area contributed by atoms with Gasteiger partial charge in [-0.3, -0.25) is 0 Å². The number of aliphatic imine (C=N–C) groups is 1. The highest BCUT2D eigenvalue weighted by molar-refractivity contribution is 14.1. The van der Waals surface area contributed by atoms with Crippen molar-refractivity contribution >= 4 is 39.8 Å². The van der Waals surface area contributed by atoms with E-state index in [0.29, 0.717) is 40.7 Å². The van der Waals surface area contributed by atoms with Crippen LogP contribution in [0.15, 0.2) is 35.3 Å². The van der Waals surface area contributed by atoms with E-state index in [1.165, 1.54) is 0 Å². The van der Waals surface area contributed by atoms with Gasteiger partial charge in [0.1, 0.15) is 25.7 Å². The minimum atomic E-state index is -0.279. The molecule has 0 saturated heterocycles. The summed E-state index contributed by atoms with van der Waals surface area (Å²) in [6.45, 7) is 1.55. The first kappa shape index (κ1) is 15.5. The first-order valence-corrected chi connectivity index (χ1v) is 8.62. The first-order chi connectivity index (χ1) is 11.6. The van der Waals surface area contributed by atoms with Crippen LogP contribution in [0.2, 0.25) is 0 Å². The van der Waals surface area contributed by atoms with Crippen molar-refractivity contribution < 1.29 is 13.9 Å². The molecule has 2 aromatic rings. The van der Waals surface area contributed by atoms with Gasteiger partial charge in [-0.15, -0.1) is 0 Å². The van der Waals surface area contributed by atoms with Crippen molar-refractivity contribution in [2.24, 2.45) is 4.99 Å². The van der Waals surface area contributed by atoms with Crippen LogP contribution in [0, 0.1) is 9.39 Å². The summed E-state index contributed by atoms with van der Waals surface area (Å²) in [4.78, 5) is 6.55. The van der Waals surface area contributed by atoms with Crippen molar-refractivity contribution in [3.05, 3.63) is 45.3 Å². The van der Waals surface area contributed by atoms with Crippen molar-refractivity contribution in [1.29, 1.82) is 0 Å². The van der Waals surface area contributed by atoms with E-state index < -0.39 is 0 Å². The number of rotatable bonds is 1. The lowest BCUT2D eigenvalue weighted by molar-refractivity contribution is 0.171. The molecule has 0 spiro atoms. The van der Waals surface area contributed by atoms with E-state index in [-0.39, 0.29) is 5.82 Å². The van der Waals surface area contributed by atoms with Crippen LogP contribution in [-0.2, 0) is 0 Å². The molecule has 0 amide bonds. The molecule has 2 aromatic carbocycles. The lowest BCUT2D eigenvalue weighted by Gasteiger charge is -2.29. The van der Waals surface area contributed by atoms with Gasteiger partial charge in [0.25, 0.3) is 0 Å². The average molecular weight is 439 g/mol. The predicted octanol–water partition coefficient (Wildman–Crippen LogP) is 3.47. The van der Waals surface area contributed by atoms with Crippen LogP contribution in [0.25, 0.3) is 0 Å². The van der Waals surface area contributed by atoms with E-state index in [0.717, 1.165) is 17.0 Å². The van der Waals surface area contributed by atoms with Gasteiger partial charge in [0.2, 0.25) is 0 Å². The molecule has 124 valence electrons. The Hall–Kier alpha value is -2.03. The normalized spacial score (nSPS) is 15.6. The van der Waals surface area contributed by atoms with Crippen LogP contribution in [0.5, 0.6) is 11.5 Å². The summed E-state index contributed by atoms with van der Waals surface area (Å²) >= 11 is 1.98. The number of amidine groups is 1. The van der Waals surface area contributed by atoms with E-state index in [1.54, 1.807) is 12.1 Å². The average Bonchev–Trinajstić information content (AvgIpc) is 2.60. The second-order valence-corrected chi connectivity index (χ2v) is 6.75. The Morgan fingerprint density at radius 1 is 1.21 bits per heavy atom. The molecule has 0 bridgehead atoms. The molecule has 0 aromatic heterocycles. The number of hydrogen-bond acceptors (Lipinski definition) is 5. The van der Waals surface area contributed by atoms with E-state index in [9.17, 15) is 4.39 Å². The summed E-state index contributed by atoms with van der Waals surface area (Å²) in [7, 11) is 1.96. The lowest BCUT2D eigenvalue weighted by Crippen LogP contribution is -2.30. The van der Waals surface area contributed by atoms with Gasteiger partial charge in [0, 0.05) is 18.7 Å². The van der Waals surface area contributed by atoms with E-state index >= 15 is 0 Å². The van der Waals surface area contributed by atoms with Gasteiger partial charge < -0.3 is 19.7 Å². The Kier molecular flexibility index (Phi) is 3.95. The number of nitrogens with zero attached hydrogens (tertiary/aromatic N) is 2. The Bertz CT molecular complexity index is 841. The van der Waals surface area contributed by atoms with Crippen LogP contribution in [0.4, 0.5) is 15.8 Å². The quantitative estimate of drug-likeness (QED) is 0.692. The highest BCUT2D eigenvalue weighted by Crippen LogP contribution is 2.38.